The Kier molecular flexibility index (Phi) is 4.60. The molecule has 0 saturated heterocycles. The number of carboxylic acid groups (broad SMARTS) is 1. The normalized spacial score (nSPS) is 10.9. The molecular formula is C18H16N2O2. The van der Waals surface area contributed by atoms with E-state index in [0.29, 0.717) is 11.1 Å². The summed E-state index contributed by atoms with van der Waals surface area (Å²) in [5, 5.41) is 18.2. The molecule has 0 aliphatic carbocycles. The summed E-state index contributed by atoms with van der Waals surface area (Å²) in [6.07, 6.45) is 1.79. The zero-order valence-electron chi connectivity index (χ0n) is 12.4. The highest BCUT2D eigenvalue weighted by molar-refractivity contribution is 5.92. The van der Waals surface area contributed by atoms with Crippen LogP contribution in [0.2, 0.25) is 0 Å². The first-order valence-electron chi connectivity index (χ1n) is 6.74. The second-order valence-electron chi connectivity index (χ2n) is 5.04. The average molecular weight is 292 g/mol. The lowest BCUT2D eigenvalue weighted by atomic mass is 10.0. The Balaban J connectivity index is 2.31. The summed E-state index contributed by atoms with van der Waals surface area (Å²) in [7, 11) is 3.94. The van der Waals surface area contributed by atoms with E-state index in [9.17, 15) is 10.1 Å². The van der Waals surface area contributed by atoms with E-state index in [0.717, 1.165) is 11.3 Å². The molecule has 2 aromatic rings. The van der Waals surface area contributed by atoms with Crippen molar-refractivity contribution in [3.8, 4) is 6.07 Å². The highest BCUT2D eigenvalue weighted by atomic mass is 16.4. The monoisotopic (exact) mass is 292 g/mol. The number of nitriles is 1. The molecule has 2 rings (SSSR count). The maximum absolute atomic E-state index is 10.8. The van der Waals surface area contributed by atoms with Crippen LogP contribution in [0.3, 0.4) is 0 Å². The van der Waals surface area contributed by atoms with Gasteiger partial charge in [-0.3, -0.25) is 0 Å². The summed E-state index contributed by atoms with van der Waals surface area (Å²) in [4.78, 5) is 12.8. The minimum absolute atomic E-state index is 0.205. The molecule has 22 heavy (non-hydrogen) atoms. The number of rotatable bonds is 4. The van der Waals surface area contributed by atoms with Crippen LogP contribution >= 0.6 is 0 Å². The number of allylic oxidation sites excluding steroid dienone is 1. The van der Waals surface area contributed by atoms with Gasteiger partial charge in [-0.25, -0.2) is 4.79 Å². The first kappa shape index (κ1) is 15.3. The molecule has 0 aliphatic rings. The number of carbonyl (C=O) groups is 1. The predicted molar refractivity (Wildman–Crippen MR) is 87.7 cm³/mol. The van der Waals surface area contributed by atoms with Gasteiger partial charge in [-0.05, 0) is 41.5 Å². The third kappa shape index (κ3) is 3.53. The van der Waals surface area contributed by atoms with Crippen molar-refractivity contribution >= 4 is 23.3 Å². The van der Waals surface area contributed by atoms with Crippen LogP contribution in [0, 0.1) is 11.3 Å². The highest BCUT2D eigenvalue weighted by Gasteiger charge is 2.05. The van der Waals surface area contributed by atoms with E-state index in [-0.39, 0.29) is 5.56 Å². The number of nitrogens with zero attached hydrogens (tertiary/aromatic N) is 2. The molecule has 0 atom stereocenters. The smallest absolute Gasteiger partial charge is 0.335 e. The van der Waals surface area contributed by atoms with Crippen LogP contribution in [0.1, 0.15) is 21.5 Å². The van der Waals surface area contributed by atoms with Gasteiger partial charge in [0.05, 0.1) is 17.2 Å². The molecule has 1 N–H and O–H groups in total. The second-order valence-corrected chi connectivity index (χ2v) is 5.04. The molecule has 2 aromatic carbocycles. The topological polar surface area (TPSA) is 64.3 Å². The number of carboxylic acids is 1. The molecule has 0 heterocycles. The summed E-state index contributed by atoms with van der Waals surface area (Å²) in [5.74, 6) is -0.978. The Morgan fingerprint density at radius 1 is 1.05 bits per heavy atom. The van der Waals surface area contributed by atoms with Gasteiger partial charge in [0, 0.05) is 19.8 Å². The third-order valence-corrected chi connectivity index (χ3v) is 3.28. The standard InChI is InChI=1S/C18H16N2O2/c1-20(2)17-9-3-13(4-10-17)11-16(12-19)14-5-7-15(8-6-14)18(21)22/h3-11H,1-2H3,(H,21,22)/b16-11-. The van der Waals surface area contributed by atoms with Crippen LogP contribution in [0.25, 0.3) is 11.6 Å². The summed E-state index contributed by atoms with van der Waals surface area (Å²) in [5.41, 5.74) is 3.40. The summed E-state index contributed by atoms with van der Waals surface area (Å²) in [6.45, 7) is 0. The van der Waals surface area contributed by atoms with Gasteiger partial charge < -0.3 is 10.0 Å². The third-order valence-electron chi connectivity index (χ3n) is 3.28. The fourth-order valence-electron chi connectivity index (χ4n) is 2.01. The van der Waals surface area contributed by atoms with Crippen LogP contribution < -0.4 is 4.90 Å². The van der Waals surface area contributed by atoms with Gasteiger partial charge in [0.2, 0.25) is 0 Å². The average Bonchev–Trinajstić information content (AvgIpc) is 2.53. The lowest BCUT2D eigenvalue weighted by Crippen LogP contribution is -2.07. The Labute approximate surface area is 129 Å². The molecule has 0 spiro atoms. The number of hydrogen-bond acceptors (Lipinski definition) is 3. The van der Waals surface area contributed by atoms with Crippen molar-refractivity contribution in [3.05, 3.63) is 65.2 Å². The van der Waals surface area contributed by atoms with Crippen LogP contribution in [0.15, 0.2) is 48.5 Å². The van der Waals surface area contributed by atoms with Crippen molar-refractivity contribution in [2.45, 2.75) is 0 Å². The first-order chi connectivity index (χ1) is 10.5. The number of hydrogen-bond donors (Lipinski definition) is 1. The fraction of sp³-hybridized carbons (Fsp3) is 0.111. The van der Waals surface area contributed by atoms with Crippen LogP contribution in [0.5, 0.6) is 0 Å². The Hall–Kier alpha value is -3.06. The van der Waals surface area contributed by atoms with Crippen LogP contribution in [-0.4, -0.2) is 25.2 Å². The van der Waals surface area contributed by atoms with Crippen molar-refractivity contribution in [3.63, 3.8) is 0 Å². The highest BCUT2D eigenvalue weighted by Crippen LogP contribution is 2.20. The number of benzene rings is 2. The molecule has 0 unspecified atom stereocenters. The van der Waals surface area contributed by atoms with E-state index in [2.05, 4.69) is 6.07 Å². The minimum atomic E-state index is -0.978. The molecule has 110 valence electrons. The van der Waals surface area contributed by atoms with E-state index >= 15 is 0 Å². The first-order valence-corrected chi connectivity index (χ1v) is 6.74. The SMILES string of the molecule is CN(C)c1ccc(/C=C(/C#N)c2ccc(C(=O)O)cc2)cc1. The van der Waals surface area contributed by atoms with Crippen molar-refractivity contribution in [2.24, 2.45) is 0 Å². The molecule has 0 aromatic heterocycles. The fourth-order valence-corrected chi connectivity index (χ4v) is 2.01. The maximum Gasteiger partial charge on any atom is 0.335 e. The summed E-state index contributed by atoms with van der Waals surface area (Å²) < 4.78 is 0. The predicted octanol–water partition coefficient (Wildman–Crippen LogP) is 3.51. The van der Waals surface area contributed by atoms with Gasteiger partial charge in [0.1, 0.15) is 0 Å². The maximum atomic E-state index is 10.8. The molecule has 0 saturated carbocycles. The largest absolute Gasteiger partial charge is 0.478 e. The lowest BCUT2D eigenvalue weighted by Gasteiger charge is -2.12. The Morgan fingerprint density at radius 2 is 1.59 bits per heavy atom. The number of anilines is 1. The Morgan fingerprint density at radius 3 is 2.05 bits per heavy atom. The molecule has 0 bridgehead atoms. The van der Waals surface area contributed by atoms with E-state index < -0.39 is 5.97 Å². The van der Waals surface area contributed by atoms with Crippen LogP contribution in [0.4, 0.5) is 5.69 Å². The van der Waals surface area contributed by atoms with Crippen LogP contribution in [-0.2, 0) is 0 Å². The van der Waals surface area contributed by atoms with Gasteiger partial charge in [-0.1, -0.05) is 24.3 Å². The van der Waals surface area contributed by atoms with Crippen molar-refractivity contribution < 1.29 is 9.90 Å². The van der Waals surface area contributed by atoms with Gasteiger partial charge in [-0.2, -0.15) is 5.26 Å². The van der Waals surface area contributed by atoms with E-state index in [1.54, 1.807) is 18.2 Å². The molecule has 0 radical (unpaired) electrons. The van der Waals surface area contributed by atoms with E-state index in [1.807, 2.05) is 43.3 Å². The quantitative estimate of drug-likeness (QED) is 0.691. The molecule has 0 aliphatic heterocycles. The molecule has 0 fully saturated rings. The van der Waals surface area contributed by atoms with Crippen molar-refractivity contribution in [1.82, 2.24) is 0 Å². The van der Waals surface area contributed by atoms with Crippen molar-refractivity contribution in [1.29, 1.82) is 5.26 Å². The van der Waals surface area contributed by atoms with E-state index in [4.69, 9.17) is 5.11 Å². The lowest BCUT2D eigenvalue weighted by molar-refractivity contribution is 0.0697. The van der Waals surface area contributed by atoms with Gasteiger partial charge >= 0.3 is 5.97 Å². The van der Waals surface area contributed by atoms with Gasteiger partial charge in [-0.15, -0.1) is 0 Å². The summed E-state index contributed by atoms with van der Waals surface area (Å²) >= 11 is 0. The van der Waals surface area contributed by atoms with Crippen molar-refractivity contribution in [2.75, 3.05) is 19.0 Å². The molecular weight excluding hydrogens is 276 g/mol. The molecule has 4 heteroatoms. The molecule has 4 nitrogen and oxygen atoms in total. The zero-order valence-corrected chi connectivity index (χ0v) is 12.4. The zero-order chi connectivity index (χ0) is 16.1. The minimum Gasteiger partial charge on any atom is -0.478 e. The van der Waals surface area contributed by atoms with Gasteiger partial charge in [0.25, 0.3) is 0 Å². The van der Waals surface area contributed by atoms with E-state index in [1.165, 1.54) is 12.1 Å². The molecule has 0 amide bonds. The number of aromatic carboxylic acids is 1. The summed E-state index contributed by atoms with van der Waals surface area (Å²) in [6, 6.07) is 16.3. The Bertz CT molecular complexity index is 736. The second kappa shape index (κ2) is 6.59. The van der Waals surface area contributed by atoms with Gasteiger partial charge in [0.15, 0.2) is 0 Å².